The molecule has 0 saturated carbocycles. The van der Waals surface area contributed by atoms with Gasteiger partial charge in [0.2, 0.25) is 0 Å². The van der Waals surface area contributed by atoms with E-state index in [2.05, 4.69) is 9.97 Å². The van der Waals surface area contributed by atoms with E-state index < -0.39 is 12.0 Å². The SMILES string of the molecule is NC(CCc1cnccn1)C(=O)O. The zero-order chi connectivity index (χ0) is 9.68. The highest BCUT2D eigenvalue weighted by atomic mass is 16.4. The summed E-state index contributed by atoms with van der Waals surface area (Å²) in [6.07, 6.45) is 5.67. The highest BCUT2D eigenvalue weighted by Gasteiger charge is 2.10. The summed E-state index contributed by atoms with van der Waals surface area (Å²) in [5.41, 5.74) is 6.08. The monoisotopic (exact) mass is 181 g/mol. The normalized spacial score (nSPS) is 12.4. The molecule has 13 heavy (non-hydrogen) atoms. The van der Waals surface area contributed by atoms with E-state index in [1.165, 1.54) is 0 Å². The summed E-state index contributed by atoms with van der Waals surface area (Å²) in [5.74, 6) is -0.983. The number of hydrogen-bond donors (Lipinski definition) is 2. The number of rotatable bonds is 4. The summed E-state index contributed by atoms with van der Waals surface area (Å²) in [4.78, 5) is 18.2. The first-order chi connectivity index (χ1) is 6.20. The second kappa shape index (κ2) is 4.51. The summed E-state index contributed by atoms with van der Waals surface area (Å²) >= 11 is 0. The minimum absolute atomic E-state index is 0.383. The molecule has 0 spiro atoms. The lowest BCUT2D eigenvalue weighted by molar-refractivity contribution is -0.138. The number of hydrogen-bond acceptors (Lipinski definition) is 4. The largest absolute Gasteiger partial charge is 0.480 e. The summed E-state index contributed by atoms with van der Waals surface area (Å²) in [6.45, 7) is 0. The Balaban J connectivity index is 2.39. The fraction of sp³-hybridized carbons (Fsp3) is 0.375. The van der Waals surface area contributed by atoms with Crippen molar-refractivity contribution >= 4 is 5.97 Å². The number of nitrogens with two attached hydrogens (primary N) is 1. The van der Waals surface area contributed by atoms with E-state index in [1.807, 2.05) is 0 Å². The first kappa shape index (κ1) is 9.60. The molecule has 1 aromatic rings. The van der Waals surface area contributed by atoms with E-state index in [0.29, 0.717) is 12.8 Å². The Kier molecular flexibility index (Phi) is 3.33. The molecular formula is C8H11N3O2. The van der Waals surface area contributed by atoms with Gasteiger partial charge < -0.3 is 10.8 Å². The number of aryl methyl sites for hydroxylation is 1. The standard InChI is InChI=1S/C8H11N3O2/c9-7(8(12)13)2-1-6-5-10-3-4-11-6/h3-5,7H,1-2,9H2,(H,12,13). The van der Waals surface area contributed by atoms with Gasteiger partial charge in [-0.15, -0.1) is 0 Å². The molecule has 0 radical (unpaired) electrons. The minimum Gasteiger partial charge on any atom is -0.480 e. The Labute approximate surface area is 75.6 Å². The number of carbonyl (C=O) groups is 1. The summed E-state index contributed by atoms with van der Waals surface area (Å²) in [5, 5.41) is 8.50. The van der Waals surface area contributed by atoms with Crippen molar-refractivity contribution in [2.45, 2.75) is 18.9 Å². The van der Waals surface area contributed by atoms with Crippen LogP contribution in [0.5, 0.6) is 0 Å². The molecule has 5 nitrogen and oxygen atoms in total. The van der Waals surface area contributed by atoms with Gasteiger partial charge in [0.15, 0.2) is 0 Å². The van der Waals surface area contributed by atoms with Crippen LogP contribution in [0.15, 0.2) is 18.6 Å². The third kappa shape index (κ3) is 3.16. The van der Waals surface area contributed by atoms with Crippen LogP contribution in [0, 0.1) is 0 Å². The van der Waals surface area contributed by atoms with Gasteiger partial charge in [0.05, 0.1) is 5.69 Å². The highest BCUT2D eigenvalue weighted by Crippen LogP contribution is 1.98. The molecule has 0 aromatic carbocycles. The Bertz CT molecular complexity index is 276. The van der Waals surface area contributed by atoms with Crippen LogP contribution >= 0.6 is 0 Å². The molecule has 1 heterocycles. The maximum Gasteiger partial charge on any atom is 0.320 e. The number of carboxylic acid groups (broad SMARTS) is 1. The van der Waals surface area contributed by atoms with Crippen LogP contribution in [0.4, 0.5) is 0 Å². The quantitative estimate of drug-likeness (QED) is 0.672. The lowest BCUT2D eigenvalue weighted by atomic mass is 10.1. The Morgan fingerprint density at radius 1 is 1.62 bits per heavy atom. The summed E-state index contributed by atoms with van der Waals surface area (Å²) < 4.78 is 0. The zero-order valence-electron chi connectivity index (χ0n) is 7.05. The second-order valence-electron chi connectivity index (χ2n) is 2.68. The highest BCUT2D eigenvalue weighted by molar-refractivity contribution is 5.72. The van der Waals surface area contributed by atoms with Gasteiger partial charge in [-0.2, -0.15) is 0 Å². The van der Waals surface area contributed by atoms with Gasteiger partial charge in [0, 0.05) is 18.6 Å². The van der Waals surface area contributed by atoms with Crippen molar-refractivity contribution < 1.29 is 9.90 Å². The minimum atomic E-state index is -0.983. The van der Waals surface area contributed by atoms with Crippen molar-refractivity contribution in [2.24, 2.45) is 5.73 Å². The molecule has 0 saturated heterocycles. The fourth-order valence-corrected chi connectivity index (χ4v) is 0.886. The molecule has 1 atom stereocenters. The van der Waals surface area contributed by atoms with Crippen molar-refractivity contribution in [2.75, 3.05) is 0 Å². The molecule has 70 valence electrons. The van der Waals surface area contributed by atoms with E-state index in [9.17, 15) is 4.79 Å². The maximum atomic E-state index is 10.4. The molecule has 0 bridgehead atoms. The average Bonchev–Trinajstić information content (AvgIpc) is 2.15. The zero-order valence-corrected chi connectivity index (χ0v) is 7.05. The molecule has 0 aliphatic rings. The van der Waals surface area contributed by atoms with Crippen LogP contribution in [-0.2, 0) is 11.2 Å². The van der Waals surface area contributed by atoms with Gasteiger partial charge >= 0.3 is 5.97 Å². The Morgan fingerprint density at radius 2 is 2.38 bits per heavy atom. The van der Waals surface area contributed by atoms with Gasteiger partial charge in [0.25, 0.3) is 0 Å². The molecule has 1 aromatic heterocycles. The van der Waals surface area contributed by atoms with Crippen molar-refractivity contribution in [3.05, 3.63) is 24.3 Å². The molecule has 5 heteroatoms. The first-order valence-corrected chi connectivity index (χ1v) is 3.93. The Morgan fingerprint density at radius 3 is 2.92 bits per heavy atom. The number of aliphatic carboxylic acids is 1. The molecule has 3 N–H and O–H groups in total. The van der Waals surface area contributed by atoms with E-state index in [1.54, 1.807) is 18.6 Å². The molecule has 0 fully saturated rings. The van der Waals surface area contributed by atoms with Gasteiger partial charge in [-0.3, -0.25) is 14.8 Å². The van der Waals surface area contributed by atoms with E-state index >= 15 is 0 Å². The Hall–Kier alpha value is -1.49. The van der Waals surface area contributed by atoms with Crippen LogP contribution in [0.3, 0.4) is 0 Å². The maximum absolute atomic E-state index is 10.4. The third-order valence-electron chi connectivity index (χ3n) is 1.65. The van der Waals surface area contributed by atoms with E-state index in [-0.39, 0.29) is 0 Å². The molecule has 0 aliphatic carbocycles. The summed E-state index contributed by atoms with van der Waals surface area (Å²) in [6, 6.07) is -0.818. The number of carboxylic acids is 1. The molecular weight excluding hydrogens is 170 g/mol. The smallest absolute Gasteiger partial charge is 0.320 e. The summed E-state index contributed by atoms with van der Waals surface area (Å²) in [7, 11) is 0. The van der Waals surface area contributed by atoms with E-state index in [4.69, 9.17) is 10.8 Å². The van der Waals surface area contributed by atoms with Crippen molar-refractivity contribution in [1.82, 2.24) is 9.97 Å². The van der Waals surface area contributed by atoms with Crippen LogP contribution in [0.25, 0.3) is 0 Å². The van der Waals surface area contributed by atoms with Gasteiger partial charge in [-0.05, 0) is 12.8 Å². The predicted molar refractivity (Wildman–Crippen MR) is 46.0 cm³/mol. The van der Waals surface area contributed by atoms with Crippen LogP contribution < -0.4 is 5.73 Å². The topological polar surface area (TPSA) is 89.1 Å². The first-order valence-electron chi connectivity index (χ1n) is 3.93. The van der Waals surface area contributed by atoms with Crippen LogP contribution in [0.1, 0.15) is 12.1 Å². The van der Waals surface area contributed by atoms with Gasteiger partial charge in [-0.25, -0.2) is 0 Å². The van der Waals surface area contributed by atoms with Crippen molar-refractivity contribution in [1.29, 1.82) is 0 Å². The molecule has 0 aliphatic heterocycles. The third-order valence-corrected chi connectivity index (χ3v) is 1.65. The molecule has 1 unspecified atom stereocenters. The second-order valence-corrected chi connectivity index (χ2v) is 2.68. The van der Waals surface area contributed by atoms with Crippen LogP contribution in [0.2, 0.25) is 0 Å². The lowest BCUT2D eigenvalue weighted by Crippen LogP contribution is -2.30. The molecule has 0 amide bonds. The molecule has 1 rings (SSSR count). The van der Waals surface area contributed by atoms with Gasteiger partial charge in [-0.1, -0.05) is 0 Å². The van der Waals surface area contributed by atoms with Gasteiger partial charge in [0.1, 0.15) is 6.04 Å². The lowest BCUT2D eigenvalue weighted by Gasteiger charge is -2.04. The number of aromatic nitrogens is 2. The van der Waals surface area contributed by atoms with Crippen molar-refractivity contribution in [3.8, 4) is 0 Å². The predicted octanol–water partition coefficient (Wildman–Crippen LogP) is -0.179. The fourth-order valence-electron chi connectivity index (χ4n) is 0.886. The van der Waals surface area contributed by atoms with Crippen LogP contribution in [-0.4, -0.2) is 27.1 Å². The average molecular weight is 181 g/mol. The van der Waals surface area contributed by atoms with E-state index in [0.717, 1.165) is 5.69 Å². The van der Waals surface area contributed by atoms with Crippen molar-refractivity contribution in [3.63, 3.8) is 0 Å². The number of nitrogens with zero attached hydrogens (tertiary/aromatic N) is 2.